The van der Waals surface area contributed by atoms with E-state index in [1.165, 1.54) is 10.4 Å². The topological polar surface area (TPSA) is 38.8 Å². The van der Waals surface area contributed by atoms with Gasteiger partial charge in [0.05, 0.1) is 13.7 Å². The summed E-state index contributed by atoms with van der Waals surface area (Å²) in [4.78, 5) is 15.7. The Labute approximate surface area is 152 Å². The molecule has 1 aromatic heterocycles. The van der Waals surface area contributed by atoms with Crippen molar-refractivity contribution in [1.82, 2.24) is 4.90 Å². The Kier molecular flexibility index (Phi) is 5.76. The van der Waals surface area contributed by atoms with Crippen LogP contribution in [0.4, 0.5) is 0 Å². The summed E-state index contributed by atoms with van der Waals surface area (Å²) in [6.07, 6.45) is 5.36. The van der Waals surface area contributed by atoms with Crippen LogP contribution >= 0.6 is 11.3 Å². The molecule has 25 heavy (non-hydrogen) atoms. The lowest BCUT2D eigenvalue weighted by molar-refractivity contribution is -0.126. The van der Waals surface area contributed by atoms with E-state index in [0.717, 1.165) is 30.7 Å². The first-order valence-corrected chi connectivity index (χ1v) is 9.42. The predicted molar refractivity (Wildman–Crippen MR) is 101 cm³/mol. The highest BCUT2D eigenvalue weighted by molar-refractivity contribution is 7.10. The number of fused-ring (bicyclic) bond motifs is 1. The number of hydrogen-bond donors (Lipinski definition) is 0. The molecule has 0 N–H and O–H groups in total. The van der Waals surface area contributed by atoms with Gasteiger partial charge in [-0.25, -0.2) is 0 Å². The van der Waals surface area contributed by atoms with Gasteiger partial charge in [0.15, 0.2) is 11.5 Å². The van der Waals surface area contributed by atoms with Gasteiger partial charge in [0.25, 0.3) is 0 Å². The van der Waals surface area contributed by atoms with Crippen LogP contribution in [0.2, 0.25) is 0 Å². The van der Waals surface area contributed by atoms with Crippen molar-refractivity contribution < 1.29 is 14.3 Å². The molecule has 0 saturated carbocycles. The predicted octanol–water partition coefficient (Wildman–Crippen LogP) is 4.14. The molecule has 3 rings (SSSR count). The van der Waals surface area contributed by atoms with Gasteiger partial charge in [-0.05, 0) is 53.6 Å². The summed E-state index contributed by atoms with van der Waals surface area (Å²) < 4.78 is 11.0. The van der Waals surface area contributed by atoms with Crippen LogP contribution in [-0.4, -0.2) is 31.1 Å². The van der Waals surface area contributed by atoms with Crippen molar-refractivity contribution in [2.45, 2.75) is 26.3 Å². The zero-order chi connectivity index (χ0) is 17.6. The number of ether oxygens (including phenoxy) is 2. The molecule has 0 aliphatic carbocycles. The second-order valence-corrected chi connectivity index (χ2v) is 6.97. The van der Waals surface area contributed by atoms with E-state index in [2.05, 4.69) is 18.4 Å². The summed E-state index contributed by atoms with van der Waals surface area (Å²) in [6, 6.07) is 7.83. The van der Waals surface area contributed by atoms with Crippen molar-refractivity contribution >= 4 is 23.3 Å². The van der Waals surface area contributed by atoms with Gasteiger partial charge in [-0.1, -0.05) is 13.0 Å². The highest BCUT2D eigenvalue weighted by Gasteiger charge is 2.19. The minimum atomic E-state index is 0.0436. The Bertz CT molecular complexity index is 766. The molecule has 0 spiro atoms. The first kappa shape index (κ1) is 17.5. The Hall–Kier alpha value is -2.27. The van der Waals surface area contributed by atoms with Gasteiger partial charge < -0.3 is 14.4 Å². The van der Waals surface area contributed by atoms with E-state index in [1.807, 2.05) is 29.2 Å². The molecular formula is C20H23NO3S. The first-order chi connectivity index (χ1) is 12.2. The molecule has 2 heterocycles. The molecule has 1 aliphatic rings. The Balaban J connectivity index is 1.66. The largest absolute Gasteiger partial charge is 0.493 e. The average molecular weight is 357 g/mol. The number of amides is 1. The van der Waals surface area contributed by atoms with Crippen LogP contribution in [0.5, 0.6) is 11.5 Å². The number of nitrogens with zero attached hydrogens (tertiary/aromatic N) is 1. The van der Waals surface area contributed by atoms with Crippen molar-refractivity contribution in [3.05, 3.63) is 51.7 Å². The number of thiophene rings is 1. The fourth-order valence-corrected chi connectivity index (χ4v) is 3.72. The van der Waals surface area contributed by atoms with Gasteiger partial charge in [-0.15, -0.1) is 11.3 Å². The molecule has 0 atom stereocenters. The van der Waals surface area contributed by atoms with Crippen LogP contribution in [0, 0.1) is 0 Å². The molecule has 132 valence electrons. The molecule has 1 aromatic carbocycles. The third-order valence-electron chi connectivity index (χ3n) is 4.19. The highest BCUT2D eigenvalue weighted by Crippen LogP contribution is 2.29. The normalized spacial score (nSPS) is 13.8. The van der Waals surface area contributed by atoms with E-state index in [4.69, 9.17) is 9.47 Å². The SMILES string of the molecule is CCCOc1ccc(/C=C/C(=O)N2CCc3sccc3C2)cc1OC. The zero-order valence-corrected chi connectivity index (χ0v) is 15.5. The molecule has 5 heteroatoms. The van der Waals surface area contributed by atoms with Crippen LogP contribution in [0.15, 0.2) is 35.7 Å². The lowest BCUT2D eigenvalue weighted by Crippen LogP contribution is -2.34. The fourth-order valence-electron chi connectivity index (χ4n) is 2.83. The number of rotatable bonds is 6. The van der Waals surface area contributed by atoms with Gasteiger partial charge in [0, 0.05) is 24.0 Å². The highest BCUT2D eigenvalue weighted by atomic mass is 32.1. The van der Waals surface area contributed by atoms with Crippen molar-refractivity contribution in [1.29, 1.82) is 0 Å². The molecule has 1 aliphatic heterocycles. The maximum absolute atomic E-state index is 12.5. The smallest absolute Gasteiger partial charge is 0.246 e. The molecule has 0 bridgehead atoms. The molecule has 0 unspecified atom stereocenters. The van der Waals surface area contributed by atoms with Gasteiger partial charge in [0.2, 0.25) is 5.91 Å². The molecule has 0 radical (unpaired) electrons. The van der Waals surface area contributed by atoms with Crippen molar-refractivity contribution in [2.24, 2.45) is 0 Å². The van der Waals surface area contributed by atoms with Crippen molar-refractivity contribution in [3.8, 4) is 11.5 Å². The average Bonchev–Trinajstić information content (AvgIpc) is 3.12. The summed E-state index contributed by atoms with van der Waals surface area (Å²) >= 11 is 1.78. The molecule has 0 saturated heterocycles. The number of benzene rings is 1. The second-order valence-electron chi connectivity index (χ2n) is 5.97. The standard InChI is InChI=1S/C20H23NO3S/c1-3-11-24-17-6-4-15(13-18(17)23-2)5-7-20(22)21-10-8-19-16(14-21)9-12-25-19/h4-7,9,12-13H,3,8,10-11,14H2,1-2H3/b7-5+. The summed E-state index contributed by atoms with van der Waals surface area (Å²) in [5.41, 5.74) is 2.19. The first-order valence-electron chi connectivity index (χ1n) is 8.54. The number of hydrogen-bond acceptors (Lipinski definition) is 4. The summed E-state index contributed by atoms with van der Waals surface area (Å²) in [7, 11) is 1.62. The van der Waals surface area contributed by atoms with Gasteiger partial charge >= 0.3 is 0 Å². The lowest BCUT2D eigenvalue weighted by Gasteiger charge is -2.25. The van der Waals surface area contributed by atoms with E-state index >= 15 is 0 Å². The van der Waals surface area contributed by atoms with Crippen molar-refractivity contribution in [2.75, 3.05) is 20.3 Å². The van der Waals surface area contributed by atoms with E-state index in [-0.39, 0.29) is 5.91 Å². The Morgan fingerprint density at radius 2 is 2.20 bits per heavy atom. The van der Waals surface area contributed by atoms with Crippen LogP contribution in [0.25, 0.3) is 6.08 Å². The maximum atomic E-state index is 12.5. The number of carbonyl (C=O) groups is 1. The molecule has 4 nitrogen and oxygen atoms in total. The van der Waals surface area contributed by atoms with Crippen LogP contribution in [0.1, 0.15) is 29.3 Å². The van der Waals surface area contributed by atoms with Gasteiger partial charge in [0.1, 0.15) is 0 Å². The summed E-state index contributed by atoms with van der Waals surface area (Å²) in [5.74, 6) is 1.46. The van der Waals surface area contributed by atoms with E-state index in [9.17, 15) is 4.79 Å². The van der Waals surface area contributed by atoms with Crippen LogP contribution < -0.4 is 9.47 Å². The fraction of sp³-hybridized carbons (Fsp3) is 0.350. The van der Waals surface area contributed by atoms with Gasteiger partial charge in [-0.3, -0.25) is 4.79 Å². The minimum Gasteiger partial charge on any atom is -0.493 e. The minimum absolute atomic E-state index is 0.0436. The van der Waals surface area contributed by atoms with Crippen LogP contribution in [-0.2, 0) is 17.8 Å². The Morgan fingerprint density at radius 1 is 1.32 bits per heavy atom. The maximum Gasteiger partial charge on any atom is 0.246 e. The van der Waals surface area contributed by atoms with Gasteiger partial charge in [-0.2, -0.15) is 0 Å². The third kappa shape index (κ3) is 4.23. The Morgan fingerprint density at radius 3 is 3.00 bits per heavy atom. The molecule has 2 aromatic rings. The van der Waals surface area contributed by atoms with Crippen molar-refractivity contribution in [3.63, 3.8) is 0 Å². The number of carbonyl (C=O) groups excluding carboxylic acids is 1. The summed E-state index contributed by atoms with van der Waals surface area (Å²) in [5, 5.41) is 2.10. The third-order valence-corrected chi connectivity index (χ3v) is 5.21. The lowest BCUT2D eigenvalue weighted by atomic mass is 10.1. The molecule has 0 fully saturated rings. The van der Waals surface area contributed by atoms with E-state index in [1.54, 1.807) is 24.5 Å². The molecular weight excluding hydrogens is 334 g/mol. The quantitative estimate of drug-likeness (QED) is 0.729. The van der Waals surface area contributed by atoms with E-state index in [0.29, 0.717) is 18.9 Å². The summed E-state index contributed by atoms with van der Waals surface area (Å²) in [6.45, 7) is 4.21. The second kappa shape index (κ2) is 8.21. The monoisotopic (exact) mass is 357 g/mol. The number of methoxy groups -OCH3 is 1. The zero-order valence-electron chi connectivity index (χ0n) is 14.7. The molecule has 1 amide bonds. The van der Waals surface area contributed by atoms with Crippen LogP contribution in [0.3, 0.4) is 0 Å². The van der Waals surface area contributed by atoms with E-state index < -0.39 is 0 Å².